The van der Waals surface area contributed by atoms with Gasteiger partial charge in [0.1, 0.15) is 0 Å². The van der Waals surface area contributed by atoms with Gasteiger partial charge in [0.05, 0.1) is 0 Å². The van der Waals surface area contributed by atoms with Crippen molar-refractivity contribution in [3.63, 3.8) is 0 Å². The molecule has 1 aromatic carbocycles. The summed E-state index contributed by atoms with van der Waals surface area (Å²) < 4.78 is 0. The zero-order chi connectivity index (χ0) is 9.26. The predicted octanol–water partition coefficient (Wildman–Crippen LogP) is 2.01. The first-order valence-electron chi connectivity index (χ1n) is 4.49. The van der Waals surface area contributed by atoms with E-state index in [4.69, 9.17) is 5.11 Å². The van der Waals surface area contributed by atoms with Gasteiger partial charge in [0.2, 0.25) is 0 Å². The monoisotopic (exact) mass is 175 g/mol. The molecule has 2 heteroatoms. The molecule has 0 bridgehead atoms. The summed E-state index contributed by atoms with van der Waals surface area (Å²) in [6, 6.07) is 6.32. The molecule has 0 aliphatic rings. The lowest BCUT2D eigenvalue weighted by atomic mass is 10.1. The SMILES string of the molecule is Cc1ccc2c(CCO)c[nH]c2c1. The van der Waals surface area contributed by atoms with Gasteiger partial charge in [-0.25, -0.2) is 0 Å². The molecule has 0 aliphatic heterocycles. The number of aryl methyl sites for hydroxylation is 1. The summed E-state index contributed by atoms with van der Waals surface area (Å²) in [6.45, 7) is 2.28. The van der Waals surface area contributed by atoms with Crippen LogP contribution in [0.25, 0.3) is 10.9 Å². The van der Waals surface area contributed by atoms with E-state index < -0.39 is 0 Å². The Hall–Kier alpha value is -1.28. The molecule has 2 nitrogen and oxygen atoms in total. The van der Waals surface area contributed by atoms with E-state index in [0.29, 0.717) is 0 Å². The van der Waals surface area contributed by atoms with Gasteiger partial charge in [-0.15, -0.1) is 0 Å². The number of hydrogen-bond donors (Lipinski definition) is 2. The Morgan fingerprint density at radius 2 is 2.23 bits per heavy atom. The summed E-state index contributed by atoms with van der Waals surface area (Å²) in [5, 5.41) is 10.1. The highest BCUT2D eigenvalue weighted by Gasteiger charge is 2.01. The van der Waals surface area contributed by atoms with Crippen molar-refractivity contribution in [3.05, 3.63) is 35.5 Å². The van der Waals surface area contributed by atoms with Crippen LogP contribution in [0.5, 0.6) is 0 Å². The van der Waals surface area contributed by atoms with Crippen LogP contribution in [0.3, 0.4) is 0 Å². The number of aromatic amines is 1. The van der Waals surface area contributed by atoms with Crippen molar-refractivity contribution >= 4 is 10.9 Å². The van der Waals surface area contributed by atoms with E-state index in [0.717, 1.165) is 11.9 Å². The molecule has 0 spiro atoms. The number of hydrogen-bond acceptors (Lipinski definition) is 1. The summed E-state index contributed by atoms with van der Waals surface area (Å²) >= 11 is 0. The first-order chi connectivity index (χ1) is 6.31. The number of rotatable bonds is 2. The van der Waals surface area contributed by atoms with Crippen molar-refractivity contribution in [2.24, 2.45) is 0 Å². The highest BCUT2D eigenvalue weighted by molar-refractivity contribution is 5.83. The molecule has 0 saturated heterocycles. The predicted molar refractivity (Wildman–Crippen MR) is 53.8 cm³/mol. The molecule has 0 saturated carbocycles. The van der Waals surface area contributed by atoms with E-state index in [1.165, 1.54) is 16.5 Å². The Labute approximate surface area is 77.2 Å². The van der Waals surface area contributed by atoms with Crippen LogP contribution in [0.15, 0.2) is 24.4 Å². The smallest absolute Gasteiger partial charge is 0.0472 e. The molecule has 1 heterocycles. The number of H-pyrrole nitrogens is 1. The number of benzene rings is 1. The highest BCUT2D eigenvalue weighted by atomic mass is 16.2. The number of fused-ring (bicyclic) bond motifs is 1. The lowest BCUT2D eigenvalue weighted by Gasteiger charge is -1.96. The number of nitrogens with one attached hydrogen (secondary N) is 1. The van der Waals surface area contributed by atoms with Gasteiger partial charge in [0.25, 0.3) is 0 Å². The van der Waals surface area contributed by atoms with Gasteiger partial charge in [-0.2, -0.15) is 0 Å². The quantitative estimate of drug-likeness (QED) is 0.719. The maximum absolute atomic E-state index is 8.84. The molecular formula is C11H13NO. The number of aromatic nitrogens is 1. The summed E-state index contributed by atoms with van der Waals surface area (Å²) in [4.78, 5) is 3.20. The second kappa shape index (κ2) is 3.23. The van der Waals surface area contributed by atoms with E-state index in [1.54, 1.807) is 0 Å². The van der Waals surface area contributed by atoms with Gasteiger partial charge in [0, 0.05) is 23.7 Å². The third kappa shape index (κ3) is 1.45. The lowest BCUT2D eigenvalue weighted by molar-refractivity contribution is 0.300. The fraction of sp³-hybridized carbons (Fsp3) is 0.273. The van der Waals surface area contributed by atoms with Crippen molar-refractivity contribution in [1.82, 2.24) is 4.98 Å². The molecule has 1 aromatic heterocycles. The Balaban J connectivity index is 2.55. The minimum Gasteiger partial charge on any atom is -0.396 e. The maximum atomic E-state index is 8.84. The number of aliphatic hydroxyl groups excluding tert-OH is 1. The third-order valence-electron chi connectivity index (χ3n) is 2.30. The van der Waals surface area contributed by atoms with Crippen LogP contribution in [0.2, 0.25) is 0 Å². The molecule has 0 unspecified atom stereocenters. The fourth-order valence-electron chi connectivity index (χ4n) is 1.63. The molecule has 0 aliphatic carbocycles. The topological polar surface area (TPSA) is 36.0 Å². The van der Waals surface area contributed by atoms with Gasteiger partial charge in [0.15, 0.2) is 0 Å². The second-order valence-corrected chi connectivity index (χ2v) is 3.34. The molecule has 68 valence electrons. The van der Waals surface area contributed by atoms with E-state index in [-0.39, 0.29) is 6.61 Å². The summed E-state index contributed by atoms with van der Waals surface area (Å²) in [5.74, 6) is 0. The Morgan fingerprint density at radius 1 is 1.38 bits per heavy atom. The van der Waals surface area contributed by atoms with Gasteiger partial charge >= 0.3 is 0 Å². The van der Waals surface area contributed by atoms with E-state index in [2.05, 4.69) is 30.1 Å². The minimum atomic E-state index is 0.209. The van der Waals surface area contributed by atoms with Gasteiger partial charge in [-0.05, 0) is 30.5 Å². The van der Waals surface area contributed by atoms with Crippen LogP contribution in [0.4, 0.5) is 0 Å². The molecule has 13 heavy (non-hydrogen) atoms. The van der Waals surface area contributed by atoms with Crippen LogP contribution < -0.4 is 0 Å². The Morgan fingerprint density at radius 3 is 3.00 bits per heavy atom. The molecule has 2 rings (SSSR count). The molecule has 0 fully saturated rings. The largest absolute Gasteiger partial charge is 0.396 e. The van der Waals surface area contributed by atoms with Crippen molar-refractivity contribution in [3.8, 4) is 0 Å². The van der Waals surface area contributed by atoms with Gasteiger partial charge in [-0.1, -0.05) is 12.1 Å². The van der Waals surface area contributed by atoms with Crippen LogP contribution in [0.1, 0.15) is 11.1 Å². The zero-order valence-electron chi connectivity index (χ0n) is 7.67. The Bertz CT molecular complexity index is 417. The number of aliphatic hydroxyl groups is 1. The lowest BCUT2D eigenvalue weighted by Crippen LogP contribution is -1.87. The van der Waals surface area contributed by atoms with Gasteiger partial charge in [-0.3, -0.25) is 0 Å². The molecule has 2 N–H and O–H groups in total. The molecule has 2 aromatic rings. The first kappa shape index (κ1) is 8.32. The summed E-state index contributed by atoms with van der Waals surface area (Å²) in [6.07, 6.45) is 2.70. The van der Waals surface area contributed by atoms with Crippen LogP contribution in [0, 0.1) is 6.92 Å². The molecule has 0 amide bonds. The average molecular weight is 175 g/mol. The van der Waals surface area contributed by atoms with E-state index in [9.17, 15) is 0 Å². The normalized spacial score (nSPS) is 10.9. The highest BCUT2D eigenvalue weighted by Crippen LogP contribution is 2.19. The van der Waals surface area contributed by atoms with Crippen molar-refractivity contribution in [2.75, 3.05) is 6.61 Å². The second-order valence-electron chi connectivity index (χ2n) is 3.34. The molecule has 0 radical (unpaired) electrons. The third-order valence-corrected chi connectivity index (χ3v) is 2.30. The summed E-state index contributed by atoms with van der Waals surface area (Å²) in [7, 11) is 0. The minimum absolute atomic E-state index is 0.209. The maximum Gasteiger partial charge on any atom is 0.0472 e. The average Bonchev–Trinajstić information content (AvgIpc) is 2.49. The van der Waals surface area contributed by atoms with Crippen LogP contribution in [-0.4, -0.2) is 16.7 Å². The first-order valence-corrected chi connectivity index (χ1v) is 4.49. The van der Waals surface area contributed by atoms with E-state index >= 15 is 0 Å². The van der Waals surface area contributed by atoms with Gasteiger partial charge < -0.3 is 10.1 Å². The van der Waals surface area contributed by atoms with Crippen molar-refractivity contribution in [1.29, 1.82) is 0 Å². The molecule has 0 atom stereocenters. The van der Waals surface area contributed by atoms with E-state index in [1.807, 2.05) is 6.20 Å². The van der Waals surface area contributed by atoms with Crippen molar-refractivity contribution in [2.45, 2.75) is 13.3 Å². The standard InChI is InChI=1S/C11H13NO/c1-8-2-3-10-9(4-5-13)7-12-11(10)6-8/h2-3,6-7,12-13H,4-5H2,1H3. The Kier molecular flexibility index (Phi) is 2.07. The fourth-order valence-corrected chi connectivity index (χ4v) is 1.63. The van der Waals surface area contributed by atoms with Crippen LogP contribution >= 0.6 is 0 Å². The van der Waals surface area contributed by atoms with Crippen LogP contribution in [-0.2, 0) is 6.42 Å². The summed E-state index contributed by atoms with van der Waals surface area (Å²) in [5.41, 5.74) is 3.60. The molecular weight excluding hydrogens is 162 g/mol. The van der Waals surface area contributed by atoms with Crippen molar-refractivity contribution < 1.29 is 5.11 Å². The zero-order valence-corrected chi connectivity index (χ0v) is 7.67.